The first-order valence-electron chi connectivity index (χ1n) is 11.4. The average Bonchev–Trinajstić information content (AvgIpc) is 3.09. The number of halogens is 3. The molecule has 2 atom stereocenters. The van der Waals surface area contributed by atoms with Crippen molar-refractivity contribution >= 4 is 22.4 Å². The van der Waals surface area contributed by atoms with Crippen LogP contribution in [-0.2, 0) is 4.79 Å². The predicted octanol–water partition coefficient (Wildman–Crippen LogP) is 4.80. The summed E-state index contributed by atoms with van der Waals surface area (Å²) in [4.78, 5) is 20.9. The Hall–Kier alpha value is -2.66. The molecule has 0 unspecified atom stereocenters. The van der Waals surface area contributed by atoms with Gasteiger partial charge < -0.3 is 4.90 Å². The van der Waals surface area contributed by atoms with Crippen LogP contribution in [0.2, 0.25) is 0 Å². The molecule has 0 saturated carbocycles. The van der Waals surface area contributed by atoms with Gasteiger partial charge in [-0.2, -0.15) is 18.4 Å². The van der Waals surface area contributed by atoms with Gasteiger partial charge in [-0.05, 0) is 55.0 Å². The molecule has 4 rings (SSSR count). The number of alkyl halides is 3. The summed E-state index contributed by atoms with van der Waals surface area (Å²) in [5, 5.41) is 10.0. The second-order valence-electron chi connectivity index (χ2n) is 10.3. The average molecular weight is 459 g/mol. The fourth-order valence-corrected chi connectivity index (χ4v) is 5.30. The Morgan fingerprint density at radius 2 is 2.06 bits per heavy atom. The van der Waals surface area contributed by atoms with E-state index in [-0.39, 0.29) is 36.5 Å². The molecular weight excluding hydrogens is 429 g/mol. The van der Waals surface area contributed by atoms with Crippen molar-refractivity contribution < 1.29 is 18.0 Å². The van der Waals surface area contributed by atoms with Gasteiger partial charge in [0.2, 0.25) is 0 Å². The lowest BCUT2D eigenvalue weighted by Gasteiger charge is -2.40. The molecular formula is C25H29F3N4O. The molecule has 0 bridgehead atoms. The number of piperidine rings is 1. The third-order valence-electron chi connectivity index (χ3n) is 6.88. The number of benzene rings is 1. The van der Waals surface area contributed by atoms with Crippen molar-refractivity contribution in [3.63, 3.8) is 0 Å². The Kier molecular flexibility index (Phi) is 6.37. The van der Waals surface area contributed by atoms with Crippen molar-refractivity contribution in [1.82, 2.24) is 9.88 Å². The number of hydrogen-bond acceptors (Lipinski definition) is 5. The standard InChI is InChI=1S/C25H29F3N4O/c1-24(2)7-9-31(16-24)15-20(33)11-17-10-19(25(26,27)28)14-32(13-17)22-6-5-18(12-29)23-21(22)4-3-8-30-23/h3-6,8,17,19H,7,9-11,13-16H2,1-2H3/t17-,19-/m0/s1. The van der Waals surface area contributed by atoms with Crippen molar-refractivity contribution in [3.8, 4) is 6.07 Å². The largest absolute Gasteiger partial charge is 0.393 e. The van der Waals surface area contributed by atoms with Crippen molar-refractivity contribution in [2.24, 2.45) is 17.3 Å². The van der Waals surface area contributed by atoms with E-state index in [0.29, 0.717) is 35.2 Å². The van der Waals surface area contributed by atoms with E-state index in [2.05, 4.69) is 29.8 Å². The molecule has 176 valence electrons. The zero-order valence-corrected chi connectivity index (χ0v) is 19.0. The first kappa shape index (κ1) is 23.5. The number of carbonyl (C=O) groups excluding carboxylic acids is 1. The quantitative estimate of drug-likeness (QED) is 0.644. The molecule has 0 aliphatic carbocycles. The number of hydrogen-bond donors (Lipinski definition) is 0. The maximum atomic E-state index is 13.8. The van der Waals surface area contributed by atoms with Crippen LogP contribution < -0.4 is 4.90 Å². The number of fused-ring (bicyclic) bond motifs is 1. The molecule has 33 heavy (non-hydrogen) atoms. The molecule has 2 saturated heterocycles. The minimum Gasteiger partial charge on any atom is -0.370 e. The van der Waals surface area contributed by atoms with Crippen molar-refractivity contribution in [3.05, 3.63) is 36.0 Å². The van der Waals surface area contributed by atoms with E-state index in [1.807, 2.05) is 0 Å². The minimum atomic E-state index is -4.33. The molecule has 2 fully saturated rings. The topological polar surface area (TPSA) is 60.2 Å². The van der Waals surface area contributed by atoms with E-state index < -0.39 is 12.1 Å². The number of rotatable bonds is 5. The van der Waals surface area contributed by atoms with Crippen molar-refractivity contribution in [2.45, 2.75) is 39.3 Å². The monoisotopic (exact) mass is 458 g/mol. The highest BCUT2D eigenvalue weighted by Crippen LogP contribution is 2.40. The molecule has 8 heteroatoms. The van der Waals surface area contributed by atoms with Gasteiger partial charge >= 0.3 is 6.18 Å². The summed E-state index contributed by atoms with van der Waals surface area (Å²) >= 11 is 0. The fourth-order valence-electron chi connectivity index (χ4n) is 5.30. The zero-order chi connectivity index (χ0) is 23.8. The molecule has 1 aromatic heterocycles. The van der Waals surface area contributed by atoms with Gasteiger partial charge in [0.1, 0.15) is 11.9 Å². The van der Waals surface area contributed by atoms with Crippen LogP contribution in [0.3, 0.4) is 0 Å². The Morgan fingerprint density at radius 1 is 1.27 bits per heavy atom. The van der Waals surface area contributed by atoms with Crippen LogP contribution in [0.5, 0.6) is 0 Å². The lowest BCUT2D eigenvalue weighted by molar-refractivity contribution is -0.179. The Bertz CT molecular complexity index is 1080. The molecule has 0 radical (unpaired) electrons. The molecule has 2 aliphatic heterocycles. The van der Waals surface area contributed by atoms with Crippen LogP contribution in [0.1, 0.15) is 38.7 Å². The molecule has 2 aliphatic rings. The summed E-state index contributed by atoms with van der Waals surface area (Å²) in [6, 6.07) is 8.91. The zero-order valence-electron chi connectivity index (χ0n) is 19.0. The predicted molar refractivity (Wildman–Crippen MR) is 121 cm³/mol. The van der Waals surface area contributed by atoms with Gasteiger partial charge in [-0.3, -0.25) is 14.7 Å². The number of Topliss-reactive ketones (excluding diaryl/α,β-unsaturated/α-hetero) is 1. The highest BCUT2D eigenvalue weighted by Gasteiger charge is 2.45. The highest BCUT2D eigenvalue weighted by molar-refractivity contribution is 5.95. The number of nitrogens with zero attached hydrogens (tertiary/aromatic N) is 4. The summed E-state index contributed by atoms with van der Waals surface area (Å²) in [6.45, 7) is 6.54. The van der Waals surface area contributed by atoms with Gasteiger partial charge in [0.25, 0.3) is 0 Å². The van der Waals surface area contributed by atoms with Crippen LogP contribution in [0.25, 0.3) is 10.9 Å². The summed E-state index contributed by atoms with van der Waals surface area (Å²) in [5.74, 6) is -1.88. The van der Waals surface area contributed by atoms with Gasteiger partial charge in [0.15, 0.2) is 0 Å². The molecule has 2 aromatic rings. The Labute approximate surface area is 192 Å². The number of nitriles is 1. The Morgan fingerprint density at radius 3 is 2.73 bits per heavy atom. The second kappa shape index (κ2) is 8.94. The van der Waals surface area contributed by atoms with Gasteiger partial charge in [-0.1, -0.05) is 13.8 Å². The Balaban J connectivity index is 1.55. The maximum Gasteiger partial charge on any atom is 0.393 e. The molecule has 1 aromatic carbocycles. The molecule has 5 nitrogen and oxygen atoms in total. The van der Waals surface area contributed by atoms with Gasteiger partial charge in [-0.25, -0.2) is 0 Å². The first-order valence-corrected chi connectivity index (χ1v) is 11.4. The highest BCUT2D eigenvalue weighted by atomic mass is 19.4. The SMILES string of the molecule is CC1(C)CCN(CC(=O)C[C@@H]2C[C@H](C(F)(F)F)CN(c3ccc(C#N)c4ncccc34)C2)C1. The third kappa shape index (κ3) is 5.30. The summed E-state index contributed by atoms with van der Waals surface area (Å²) in [6.07, 6.45) is -1.63. The summed E-state index contributed by atoms with van der Waals surface area (Å²) in [7, 11) is 0. The van der Waals surface area contributed by atoms with E-state index in [1.165, 1.54) is 0 Å². The number of pyridine rings is 1. The van der Waals surface area contributed by atoms with Crippen LogP contribution in [0, 0.1) is 28.6 Å². The van der Waals surface area contributed by atoms with Gasteiger partial charge in [-0.15, -0.1) is 0 Å². The fraction of sp³-hybridized carbons (Fsp3) is 0.560. The van der Waals surface area contributed by atoms with E-state index in [1.54, 1.807) is 35.4 Å². The van der Waals surface area contributed by atoms with E-state index in [9.17, 15) is 23.2 Å². The molecule has 0 amide bonds. The first-order chi connectivity index (χ1) is 15.6. The second-order valence-corrected chi connectivity index (χ2v) is 10.3. The molecule has 3 heterocycles. The number of anilines is 1. The number of aromatic nitrogens is 1. The summed E-state index contributed by atoms with van der Waals surface area (Å²) in [5.41, 5.74) is 1.67. The normalized spacial score (nSPS) is 23.6. The molecule has 0 N–H and O–H groups in total. The number of carbonyl (C=O) groups is 1. The van der Waals surface area contributed by atoms with Crippen LogP contribution in [0.15, 0.2) is 30.5 Å². The van der Waals surface area contributed by atoms with Crippen LogP contribution in [0.4, 0.5) is 18.9 Å². The molecule has 0 spiro atoms. The smallest absolute Gasteiger partial charge is 0.370 e. The minimum absolute atomic E-state index is 0.00632. The van der Waals surface area contributed by atoms with E-state index in [0.717, 1.165) is 19.5 Å². The maximum absolute atomic E-state index is 13.8. The number of likely N-dealkylation sites (tertiary alicyclic amines) is 1. The van der Waals surface area contributed by atoms with Crippen LogP contribution >= 0.6 is 0 Å². The van der Waals surface area contributed by atoms with E-state index >= 15 is 0 Å². The van der Waals surface area contributed by atoms with Crippen molar-refractivity contribution in [2.75, 3.05) is 37.6 Å². The van der Waals surface area contributed by atoms with Gasteiger partial charge in [0.05, 0.1) is 23.5 Å². The van der Waals surface area contributed by atoms with E-state index in [4.69, 9.17) is 0 Å². The third-order valence-corrected chi connectivity index (χ3v) is 6.88. The van der Waals surface area contributed by atoms with Crippen molar-refractivity contribution in [1.29, 1.82) is 5.26 Å². The van der Waals surface area contributed by atoms with Crippen LogP contribution in [-0.4, -0.2) is 54.6 Å². The van der Waals surface area contributed by atoms with Gasteiger partial charge in [0, 0.05) is 43.3 Å². The lowest BCUT2D eigenvalue weighted by atomic mass is 9.85. The number of ketones is 1. The summed E-state index contributed by atoms with van der Waals surface area (Å²) < 4.78 is 41.4. The lowest BCUT2D eigenvalue weighted by Crippen LogP contribution is -2.46.